The van der Waals surface area contributed by atoms with Crippen LogP contribution in [0.3, 0.4) is 0 Å². The number of benzene rings is 1. The van der Waals surface area contributed by atoms with E-state index in [9.17, 15) is 9.59 Å². The van der Waals surface area contributed by atoms with Crippen LogP contribution in [0, 0.1) is 0 Å². The fourth-order valence-electron chi connectivity index (χ4n) is 1.61. The van der Waals surface area contributed by atoms with Crippen molar-refractivity contribution in [2.24, 2.45) is 0 Å². The van der Waals surface area contributed by atoms with Gasteiger partial charge in [0.05, 0.1) is 0 Å². The molecule has 0 unspecified atom stereocenters. The zero-order valence-corrected chi connectivity index (χ0v) is 12.3. The summed E-state index contributed by atoms with van der Waals surface area (Å²) in [6.45, 7) is 3.15. The Morgan fingerprint density at radius 2 is 1.80 bits per heavy atom. The summed E-state index contributed by atoms with van der Waals surface area (Å²) in [6, 6.07) is 7.15. The van der Waals surface area contributed by atoms with Gasteiger partial charge in [-0.25, -0.2) is 4.79 Å². The first-order valence-electron chi connectivity index (χ1n) is 6.58. The molecule has 1 aromatic rings. The van der Waals surface area contributed by atoms with Gasteiger partial charge in [-0.05, 0) is 30.5 Å². The molecule has 0 saturated carbocycles. The number of carbonyl (C=O) groups is 2. The second kappa shape index (κ2) is 9.20. The van der Waals surface area contributed by atoms with Crippen LogP contribution in [0.15, 0.2) is 24.3 Å². The number of hydrogen-bond acceptors (Lipinski definition) is 2. The van der Waals surface area contributed by atoms with Crippen molar-refractivity contribution in [2.45, 2.75) is 26.3 Å². The monoisotopic (exact) mass is 297 g/mol. The van der Waals surface area contributed by atoms with Gasteiger partial charge in [-0.3, -0.25) is 4.79 Å². The van der Waals surface area contributed by atoms with Crippen molar-refractivity contribution >= 4 is 23.5 Å². The first-order valence-corrected chi connectivity index (χ1v) is 6.96. The van der Waals surface area contributed by atoms with Crippen LogP contribution in [0.5, 0.6) is 0 Å². The van der Waals surface area contributed by atoms with Gasteiger partial charge in [0.2, 0.25) is 5.91 Å². The number of amides is 3. The Hall–Kier alpha value is -1.75. The average Bonchev–Trinajstić information content (AvgIpc) is 2.40. The summed E-state index contributed by atoms with van der Waals surface area (Å²) in [5, 5.41) is 8.88. The molecule has 0 fully saturated rings. The van der Waals surface area contributed by atoms with Crippen molar-refractivity contribution in [1.29, 1.82) is 0 Å². The van der Waals surface area contributed by atoms with E-state index in [1.165, 1.54) is 6.92 Å². The third kappa shape index (κ3) is 7.63. The Balaban J connectivity index is 2.07. The Morgan fingerprint density at radius 1 is 1.10 bits per heavy atom. The number of nitrogens with one attached hydrogen (secondary N) is 3. The topological polar surface area (TPSA) is 70.2 Å². The van der Waals surface area contributed by atoms with Gasteiger partial charge in [-0.15, -0.1) is 0 Å². The highest BCUT2D eigenvalue weighted by Gasteiger charge is 2.00. The maximum absolute atomic E-state index is 11.5. The molecule has 0 heterocycles. The van der Waals surface area contributed by atoms with Crippen LogP contribution in [0.4, 0.5) is 4.79 Å². The zero-order chi connectivity index (χ0) is 14.8. The minimum atomic E-state index is -0.204. The minimum Gasteiger partial charge on any atom is -0.356 e. The summed E-state index contributed by atoms with van der Waals surface area (Å²) in [4.78, 5) is 22.1. The number of carbonyl (C=O) groups excluding carboxylic acids is 2. The number of urea groups is 1. The standard InChI is InChI=1S/C14H20ClN3O2/c1-11(19)16-7-2-3-8-17-14(20)18-10-12-5-4-6-13(15)9-12/h4-6,9H,2-3,7-8,10H2,1H3,(H,16,19)(H2,17,18,20). The van der Waals surface area contributed by atoms with Gasteiger partial charge >= 0.3 is 6.03 Å². The Labute approximate surface area is 124 Å². The molecule has 20 heavy (non-hydrogen) atoms. The molecule has 1 rings (SSSR count). The van der Waals surface area contributed by atoms with Gasteiger partial charge in [-0.2, -0.15) is 0 Å². The molecule has 5 nitrogen and oxygen atoms in total. The highest BCUT2D eigenvalue weighted by Crippen LogP contribution is 2.09. The quantitative estimate of drug-likeness (QED) is 0.674. The summed E-state index contributed by atoms with van der Waals surface area (Å²) in [5.74, 6) is -0.0303. The summed E-state index contributed by atoms with van der Waals surface area (Å²) >= 11 is 5.86. The van der Waals surface area contributed by atoms with Gasteiger partial charge in [0.25, 0.3) is 0 Å². The number of hydrogen-bond donors (Lipinski definition) is 3. The summed E-state index contributed by atoms with van der Waals surface area (Å²) in [5.41, 5.74) is 0.957. The highest BCUT2D eigenvalue weighted by atomic mass is 35.5. The molecule has 0 radical (unpaired) electrons. The number of rotatable bonds is 7. The van der Waals surface area contributed by atoms with Crippen LogP contribution in [0.1, 0.15) is 25.3 Å². The second-order valence-electron chi connectivity index (χ2n) is 4.43. The molecule has 110 valence electrons. The van der Waals surface area contributed by atoms with Gasteiger partial charge in [0.15, 0.2) is 0 Å². The normalized spacial score (nSPS) is 9.90. The van der Waals surface area contributed by atoms with E-state index in [1.54, 1.807) is 6.07 Å². The van der Waals surface area contributed by atoms with Gasteiger partial charge in [0, 0.05) is 31.6 Å². The molecule has 1 aromatic carbocycles. The fourth-order valence-corrected chi connectivity index (χ4v) is 1.82. The molecule has 0 aliphatic rings. The second-order valence-corrected chi connectivity index (χ2v) is 4.87. The highest BCUT2D eigenvalue weighted by molar-refractivity contribution is 6.30. The third-order valence-electron chi connectivity index (χ3n) is 2.61. The maximum atomic E-state index is 11.5. The maximum Gasteiger partial charge on any atom is 0.315 e. The van der Waals surface area contributed by atoms with E-state index < -0.39 is 0 Å². The van der Waals surface area contributed by atoms with Crippen molar-refractivity contribution in [1.82, 2.24) is 16.0 Å². The third-order valence-corrected chi connectivity index (χ3v) is 2.84. The van der Waals surface area contributed by atoms with Crippen molar-refractivity contribution in [2.75, 3.05) is 13.1 Å². The molecule has 0 spiro atoms. The lowest BCUT2D eigenvalue weighted by molar-refractivity contribution is -0.118. The first-order chi connectivity index (χ1) is 9.58. The average molecular weight is 298 g/mol. The number of unbranched alkanes of at least 4 members (excludes halogenated alkanes) is 1. The van der Waals surface area contributed by atoms with Crippen molar-refractivity contribution in [3.8, 4) is 0 Å². The van der Waals surface area contributed by atoms with Gasteiger partial charge in [-0.1, -0.05) is 23.7 Å². The minimum absolute atomic E-state index is 0.0303. The molecule has 0 aliphatic carbocycles. The van der Waals surface area contributed by atoms with E-state index in [-0.39, 0.29) is 11.9 Å². The van der Waals surface area contributed by atoms with E-state index in [0.717, 1.165) is 18.4 Å². The van der Waals surface area contributed by atoms with Crippen LogP contribution in [-0.2, 0) is 11.3 Å². The molecule has 3 N–H and O–H groups in total. The molecular formula is C14H20ClN3O2. The lowest BCUT2D eigenvalue weighted by Crippen LogP contribution is -2.35. The van der Waals surface area contributed by atoms with E-state index in [1.807, 2.05) is 18.2 Å². The zero-order valence-electron chi connectivity index (χ0n) is 11.5. The van der Waals surface area contributed by atoms with Crippen LogP contribution < -0.4 is 16.0 Å². The molecule has 6 heteroatoms. The van der Waals surface area contributed by atoms with Gasteiger partial charge in [0.1, 0.15) is 0 Å². The molecular weight excluding hydrogens is 278 g/mol. The first kappa shape index (κ1) is 16.3. The van der Waals surface area contributed by atoms with Crippen molar-refractivity contribution < 1.29 is 9.59 Å². The van der Waals surface area contributed by atoms with Crippen LogP contribution >= 0.6 is 11.6 Å². The molecule has 0 aliphatic heterocycles. The Bertz CT molecular complexity index is 452. The smallest absolute Gasteiger partial charge is 0.315 e. The van der Waals surface area contributed by atoms with Crippen LogP contribution in [0.25, 0.3) is 0 Å². The SMILES string of the molecule is CC(=O)NCCCCNC(=O)NCc1cccc(Cl)c1. The van der Waals surface area contributed by atoms with E-state index in [0.29, 0.717) is 24.7 Å². The Morgan fingerprint density at radius 3 is 2.45 bits per heavy atom. The molecule has 0 aromatic heterocycles. The molecule has 0 atom stereocenters. The molecule has 3 amide bonds. The molecule has 0 saturated heterocycles. The Kier molecular flexibility index (Phi) is 7.50. The van der Waals surface area contributed by atoms with E-state index in [2.05, 4.69) is 16.0 Å². The lowest BCUT2D eigenvalue weighted by Gasteiger charge is -2.08. The summed E-state index contributed by atoms with van der Waals surface area (Å²) in [6.07, 6.45) is 1.67. The molecule has 0 bridgehead atoms. The predicted molar refractivity (Wildman–Crippen MR) is 79.6 cm³/mol. The summed E-state index contributed by atoms with van der Waals surface area (Å²) < 4.78 is 0. The predicted octanol–water partition coefficient (Wildman–Crippen LogP) is 2.06. The number of halogens is 1. The van der Waals surface area contributed by atoms with Gasteiger partial charge < -0.3 is 16.0 Å². The van der Waals surface area contributed by atoms with Crippen LogP contribution in [0.2, 0.25) is 5.02 Å². The summed E-state index contributed by atoms with van der Waals surface area (Å²) in [7, 11) is 0. The van der Waals surface area contributed by atoms with E-state index >= 15 is 0 Å². The van der Waals surface area contributed by atoms with Crippen LogP contribution in [-0.4, -0.2) is 25.0 Å². The lowest BCUT2D eigenvalue weighted by atomic mass is 10.2. The van der Waals surface area contributed by atoms with E-state index in [4.69, 9.17) is 11.6 Å². The van der Waals surface area contributed by atoms with Crippen molar-refractivity contribution in [3.05, 3.63) is 34.9 Å². The largest absolute Gasteiger partial charge is 0.356 e. The van der Waals surface area contributed by atoms with Crippen molar-refractivity contribution in [3.63, 3.8) is 0 Å². The fraction of sp³-hybridized carbons (Fsp3) is 0.429.